The van der Waals surface area contributed by atoms with Crippen molar-refractivity contribution in [2.45, 2.75) is 36.5 Å². The van der Waals surface area contributed by atoms with Crippen molar-refractivity contribution in [1.82, 2.24) is 19.8 Å². The molecule has 2 aromatic heterocycles. The quantitative estimate of drug-likeness (QED) is 0.543. The number of carbonyl (C=O) groups excluding carboxylic acids is 2. The first-order valence-corrected chi connectivity index (χ1v) is 15.1. The maximum atomic E-state index is 13.6. The molecule has 2 atom stereocenters. The van der Waals surface area contributed by atoms with E-state index in [4.69, 9.17) is 19.6 Å². The highest BCUT2D eigenvalue weighted by Crippen LogP contribution is 2.40. The predicted octanol–water partition coefficient (Wildman–Crippen LogP) is 1.65. The van der Waals surface area contributed by atoms with E-state index in [2.05, 4.69) is 4.98 Å². The number of pyridine rings is 2. The summed E-state index contributed by atoms with van der Waals surface area (Å²) >= 11 is 0. The molecule has 2 N–H and O–H groups in total. The van der Waals surface area contributed by atoms with E-state index in [1.165, 1.54) is 12.1 Å². The topological polar surface area (TPSA) is 145 Å². The van der Waals surface area contributed by atoms with Crippen molar-refractivity contribution >= 4 is 21.8 Å². The van der Waals surface area contributed by atoms with Gasteiger partial charge in [-0.25, -0.2) is 23.5 Å². The lowest BCUT2D eigenvalue weighted by atomic mass is 10.0. The molecule has 3 saturated heterocycles. The van der Waals surface area contributed by atoms with Crippen LogP contribution in [-0.2, 0) is 14.8 Å². The first kappa shape index (κ1) is 26.1. The number of rotatable bonds is 7. The second kappa shape index (κ2) is 10.5. The molecule has 12 heteroatoms. The van der Waals surface area contributed by atoms with E-state index in [0.29, 0.717) is 56.1 Å². The molecule has 5 heterocycles. The van der Waals surface area contributed by atoms with Crippen molar-refractivity contribution in [2.75, 3.05) is 46.0 Å². The van der Waals surface area contributed by atoms with Crippen molar-refractivity contribution in [3.63, 3.8) is 0 Å². The molecular weight excluding hydrogens is 522 g/mol. The zero-order valence-corrected chi connectivity index (χ0v) is 22.5. The van der Waals surface area contributed by atoms with Gasteiger partial charge in [0.25, 0.3) is 11.8 Å². The Labute approximate surface area is 227 Å². The van der Waals surface area contributed by atoms with Gasteiger partial charge in [-0.05, 0) is 49.8 Å². The Morgan fingerprint density at radius 1 is 0.974 bits per heavy atom. The van der Waals surface area contributed by atoms with Gasteiger partial charge in [-0.2, -0.15) is 0 Å². The van der Waals surface area contributed by atoms with Crippen molar-refractivity contribution in [3.05, 3.63) is 47.4 Å². The lowest BCUT2D eigenvalue weighted by Crippen LogP contribution is -2.36. The number of nitrogens with zero attached hydrogens (tertiary/aromatic N) is 4. The number of hydrogen-bond acceptors (Lipinski definition) is 8. The molecule has 0 bridgehead atoms. The second-order valence-electron chi connectivity index (χ2n) is 11.1. The summed E-state index contributed by atoms with van der Waals surface area (Å²) in [7, 11) is -3.87. The molecular formula is C27H33N5O6S. The van der Waals surface area contributed by atoms with E-state index >= 15 is 0 Å². The molecule has 39 heavy (non-hydrogen) atoms. The van der Waals surface area contributed by atoms with Crippen LogP contribution in [0.5, 0.6) is 5.88 Å². The number of ether oxygens (including phenoxy) is 2. The van der Waals surface area contributed by atoms with E-state index in [1.807, 2.05) is 11.0 Å². The van der Waals surface area contributed by atoms with E-state index in [0.717, 1.165) is 50.8 Å². The molecule has 3 aliphatic heterocycles. The molecule has 4 fully saturated rings. The molecule has 0 radical (unpaired) electrons. The van der Waals surface area contributed by atoms with Crippen LogP contribution in [-0.4, -0.2) is 86.0 Å². The van der Waals surface area contributed by atoms with Gasteiger partial charge in [-0.1, -0.05) is 0 Å². The van der Waals surface area contributed by atoms with Gasteiger partial charge in [0, 0.05) is 80.7 Å². The normalized spacial score (nSPS) is 23.6. The Morgan fingerprint density at radius 2 is 1.64 bits per heavy atom. The number of sulfonamides is 1. The van der Waals surface area contributed by atoms with Gasteiger partial charge in [0.15, 0.2) is 0 Å². The highest BCUT2D eigenvalue weighted by molar-refractivity contribution is 7.89. The van der Waals surface area contributed by atoms with E-state index in [1.54, 1.807) is 11.0 Å². The number of aromatic nitrogens is 2. The van der Waals surface area contributed by atoms with Crippen LogP contribution in [0.15, 0.2) is 35.4 Å². The van der Waals surface area contributed by atoms with Crippen molar-refractivity contribution < 1.29 is 27.5 Å². The van der Waals surface area contributed by atoms with Crippen LogP contribution in [0.25, 0.3) is 0 Å². The van der Waals surface area contributed by atoms with Crippen molar-refractivity contribution in [2.24, 2.45) is 22.9 Å². The summed E-state index contributed by atoms with van der Waals surface area (Å²) in [6, 6.07) is 6.37. The first-order chi connectivity index (χ1) is 18.7. The second-order valence-corrected chi connectivity index (χ2v) is 12.7. The average Bonchev–Trinajstić information content (AvgIpc) is 3.61. The van der Waals surface area contributed by atoms with Crippen LogP contribution in [0.4, 0.5) is 0 Å². The van der Waals surface area contributed by atoms with Gasteiger partial charge in [0.05, 0.1) is 6.61 Å². The average molecular weight is 556 g/mol. The monoisotopic (exact) mass is 555 g/mol. The minimum atomic E-state index is -3.87. The molecule has 4 aliphatic rings. The maximum absolute atomic E-state index is 13.6. The molecule has 1 aliphatic carbocycles. The minimum absolute atomic E-state index is 0.0252. The lowest BCUT2D eigenvalue weighted by molar-refractivity contribution is 0.0490. The van der Waals surface area contributed by atoms with Crippen LogP contribution in [0.3, 0.4) is 0 Å². The Hall–Kier alpha value is -3.09. The standard InChI is InChI=1S/C27H33N5O6S/c28-39(35,36)22-3-4-23(29-11-22)27(34)32-14-20-12-31(13-21(20)15-32)26(33)19-9-24(18-1-2-18)30-25(10-19)38-16-17-5-7-37-8-6-17/h3-4,9-11,17-18,20-21H,1-2,5-8,12-16H2,(H2,28,35,36)/t20-,21?/m1/s1. The fourth-order valence-corrected chi connectivity index (χ4v) is 6.23. The number of primary sulfonamides is 1. The number of fused-ring (bicyclic) bond motifs is 1. The molecule has 2 aromatic rings. The molecule has 0 aromatic carbocycles. The number of hydrogen-bond donors (Lipinski definition) is 1. The third-order valence-electron chi connectivity index (χ3n) is 8.22. The van der Waals surface area contributed by atoms with Gasteiger partial charge in [-0.15, -0.1) is 0 Å². The minimum Gasteiger partial charge on any atom is -0.477 e. The molecule has 11 nitrogen and oxygen atoms in total. The number of carbonyl (C=O) groups is 2. The Balaban J connectivity index is 1.09. The van der Waals surface area contributed by atoms with E-state index < -0.39 is 10.0 Å². The largest absolute Gasteiger partial charge is 0.477 e. The smallest absolute Gasteiger partial charge is 0.272 e. The SMILES string of the molecule is NS(=O)(=O)c1ccc(C(=O)N2CC3CN(C(=O)c4cc(OCC5CCOCC5)nc(C5CC5)c4)C[C@@H]3C2)nc1. The fraction of sp³-hybridized carbons (Fsp3) is 0.556. The van der Waals surface area contributed by atoms with Crippen molar-refractivity contribution in [1.29, 1.82) is 0 Å². The third-order valence-corrected chi connectivity index (χ3v) is 9.12. The summed E-state index contributed by atoms with van der Waals surface area (Å²) in [6.07, 6.45) is 5.22. The summed E-state index contributed by atoms with van der Waals surface area (Å²) < 4.78 is 34.4. The van der Waals surface area contributed by atoms with Crippen LogP contribution >= 0.6 is 0 Å². The zero-order valence-electron chi connectivity index (χ0n) is 21.7. The van der Waals surface area contributed by atoms with Gasteiger partial charge in [0.2, 0.25) is 15.9 Å². The Bertz CT molecular complexity index is 1340. The summed E-state index contributed by atoms with van der Waals surface area (Å²) in [6.45, 7) is 4.29. The number of likely N-dealkylation sites (tertiary alicyclic amines) is 2. The molecule has 2 amide bonds. The first-order valence-electron chi connectivity index (χ1n) is 13.5. The summed E-state index contributed by atoms with van der Waals surface area (Å²) in [5, 5.41) is 5.12. The van der Waals surface area contributed by atoms with E-state index in [9.17, 15) is 18.0 Å². The van der Waals surface area contributed by atoms with Gasteiger partial charge >= 0.3 is 0 Å². The molecule has 1 unspecified atom stereocenters. The van der Waals surface area contributed by atoms with E-state index in [-0.39, 0.29) is 34.2 Å². The summed E-state index contributed by atoms with van der Waals surface area (Å²) in [4.78, 5) is 38.7. The predicted molar refractivity (Wildman–Crippen MR) is 140 cm³/mol. The summed E-state index contributed by atoms with van der Waals surface area (Å²) in [5.74, 6) is 1.43. The highest BCUT2D eigenvalue weighted by Gasteiger charge is 2.43. The maximum Gasteiger partial charge on any atom is 0.272 e. The molecule has 1 saturated carbocycles. The van der Waals surface area contributed by atoms with Crippen LogP contribution in [0.2, 0.25) is 0 Å². The Morgan fingerprint density at radius 3 is 2.23 bits per heavy atom. The number of nitrogens with two attached hydrogens (primary N) is 1. The van der Waals surface area contributed by atoms with Gasteiger partial charge in [-0.3, -0.25) is 9.59 Å². The van der Waals surface area contributed by atoms with Gasteiger partial charge < -0.3 is 19.3 Å². The summed E-state index contributed by atoms with van der Waals surface area (Å²) in [5.41, 5.74) is 1.72. The number of amides is 2. The molecule has 0 spiro atoms. The van der Waals surface area contributed by atoms with Gasteiger partial charge in [0.1, 0.15) is 10.6 Å². The molecule has 6 rings (SSSR count). The Kier molecular flexibility index (Phi) is 7.02. The van der Waals surface area contributed by atoms with Crippen molar-refractivity contribution in [3.8, 4) is 5.88 Å². The highest BCUT2D eigenvalue weighted by atomic mass is 32.2. The third kappa shape index (κ3) is 5.78. The zero-order chi connectivity index (χ0) is 27.1. The van der Waals surface area contributed by atoms with Crippen LogP contribution in [0, 0.1) is 17.8 Å². The fourth-order valence-electron chi connectivity index (χ4n) is 5.77. The lowest BCUT2D eigenvalue weighted by Gasteiger charge is -2.23. The molecule has 208 valence electrons. The van der Waals surface area contributed by atoms with Crippen LogP contribution < -0.4 is 9.88 Å². The van der Waals surface area contributed by atoms with Crippen LogP contribution in [0.1, 0.15) is 58.1 Å².